The van der Waals surface area contributed by atoms with E-state index in [0.717, 1.165) is 11.3 Å². The highest BCUT2D eigenvalue weighted by Crippen LogP contribution is 2.15. The highest BCUT2D eigenvalue weighted by atomic mass is 32.2. The summed E-state index contributed by atoms with van der Waals surface area (Å²) in [7, 11) is -3.70. The summed E-state index contributed by atoms with van der Waals surface area (Å²) in [5.74, 6) is -4.05. The van der Waals surface area contributed by atoms with Gasteiger partial charge >= 0.3 is 34.1 Å². The van der Waals surface area contributed by atoms with Gasteiger partial charge in [0.1, 0.15) is 18.8 Å². The van der Waals surface area contributed by atoms with E-state index in [0.29, 0.717) is 9.80 Å². The first-order valence-electron chi connectivity index (χ1n) is 10.3. The number of likely N-dealkylation sites (N-methyl/N-ethyl adjacent to an activating group) is 1. The summed E-state index contributed by atoms with van der Waals surface area (Å²) in [6.07, 6.45) is 0. The Hall–Kier alpha value is -4.33. The number of urea groups is 2. The number of nitrogen functional groups attached to an aromatic ring is 1. The molecule has 0 saturated carbocycles. The monoisotopic (exact) mass is 559 g/mol. The van der Waals surface area contributed by atoms with Crippen molar-refractivity contribution in [3.8, 4) is 0 Å². The Balaban J connectivity index is 1.55. The zero-order valence-electron chi connectivity index (χ0n) is 19.3. The summed E-state index contributed by atoms with van der Waals surface area (Å²) in [4.78, 5) is 83.7. The van der Waals surface area contributed by atoms with Gasteiger partial charge in [-0.2, -0.15) is 8.42 Å². The van der Waals surface area contributed by atoms with Gasteiger partial charge in [0.15, 0.2) is 10.8 Å². The van der Waals surface area contributed by atoms with E-state index in [4.69, 9.17) is 5.73 Å². The van der Waals surface area contributed by atoms with Crippen molar-refractivity contribution in [2.24, 2.45) is 5.16 Å². The first-order valence-corrected chi connectivity index (χ1v) is 12.7. The molecule has 0 aliphatic carbocycles. The number of nitrogens with zero attached hydrogens (tertiary/aromatic N) is 5. The van der Waals surface area contributed by atoms with Crippen LogP contribution in [0.25, 0.3) is 0 Å². The molecule has 2 saturated heterocycles. The maximum absolute atomic E-state index is 12.5. The van der Waals surface area contributed by atoms with Crippen LogP contribution in [-0.2, 0) is 34.2 Å². The molecular weight excluding hydrogens is 538 g/mol. The molecule has 0 bridgehead atoms. The van der Waals surface area contributed by atoms with Crippen molar-refractivity contribution in [2.45, 2.75) is 13.0 Å². The number of oxime groups is 1. The third-order valence-corrected chi connectivity index (χ3v) is 6.58. The van der Waals surface area contributed by atoms with Crippen LogP contribution in [0.5, 0.6) is 0 Å². The number of β-lactam (4-membered cyclic amide) rings is 1. The van der Waals surface area contributed by atoms with Crippen LogP contribution in [0.3, 0.4) is 0 Å². The van der Waals surface area contributed by atoms with Crippen molar-refractivity contribution in [2.75, 3.05) is 39.0 Å². The molecule has 0 unspecified atom stereocenters. The van der Waals surface area contributed by atoms with Gasteiger partial charge < -0.3 is 20.8 Å². The first kappa shape index (κ1) is 27.3. The van der Waals surface area contributed by atoms with Crippen molar-refractivity contribution in [3.63, 3.8) is 0 Å². The Morgan fingerprint density at radius 3 is 2.35 bits per heavy atom. The number of piperazine rings is 1. The average Bonchev–Trinajstić information content (AvgIpc) is 3.25. The summed E-state index contributed by atoms with van der Waals surface area (Å²) >= 11 is 1.03. The van der Waals surface area contributed by atoms with Gasteiger partial charge in [-0.1, -0.05) is 5.16 Å². The minimum absolute atomic E-state index is 0.00293. The van der Waals surface area contributed by atoms with Crippen LogP contribution in [0, 0.1) is 0 Å². The van der Waals surface area contributed by atoms with Crippen LogP contribution >= 0.6 is 11.3 Å². The maximum atomic E-state index is 12.5. The molecule has 2 aliphatic heterocycles. The van der Waals surface area contributed by atoms with Crippen molar-refractivity contribution < 1.29 is 42.0 Å². The number of rotatable bonds is 7. The first-order chi connectivity index (χ1) is 17.4. The van der Waals surface area contributed by atoms with Crippen LogP contribution < -0.4 is 20.5 Å². The van der Waals surface area contributed by atoms with E-state index in [-0.39, 0.29) is 36.2 Å². The second-order valence-corrected chi connectivity index (χ2v) is 9.63. The average molecular weight is 560 g/mol. The number of imide groups is 2. The van der Waals surface area contributed by atoms with Crippen LogP contribution in [0.2, 0.25) is 0 Å². The van der Waals surface area contributed by atoms with Gasteiger partial charge in [0.25, 0.3) is 11.8 Å². The molecular formula is C17H21N9O9S2. The van der Waals surface area contributed by atoms with Crippen molar-refractivity contribution >= 4 is 68.1 Å². The normalized spacial score (nSPS) is 18.3. The fourth-order valence-electron chi connectivity index (χ4n) is 3.17. The molecule has 1 aromatic heterocycles. The number of carbonyl (C=O) groups excluding carboxylic acids is 6. The number of nitrogens with one attached hydrogen (secondary N) is 3. The summed E-state index contributed by atoms with van der Waals surface area (Å²) in [5, 5.41) is 7.44. The smallest absolute Gasteiger partial charge is 0.339 e. The Bertz CT molecular complexity index is 1290. The molecule has 0 radical (unpaired) electrons. The third kappa shape index (κ3) is 5.91. The zero-order valence-corrected chi connectivity index (χ0v) is 20.9. The van der Waals surface area contributed by atoms with E-state index < -0.39 is 58.5 Å². The Labute approximate surface area is 212 Å². The molecule has 18 nitrogen and oxygen atoms in total. The van der Waals surface area contributed by atoms with Crippen molar-refractivity contribution in [3.05, 3.63) is 11.1 Å². The molecule has 2 aliphatic rings. The van der Waals surface area contributed by atoms with Crippen LogP contribution in [0.15, 0.2) is 10.5 Å². The van der Waals surface area contributed by atoms with E-state index >= 15 is 0 Å². The summed E-state index contributed by atoms with van der Waals surface area (Å²) < 4.78 is 27.2. The summed E-state index contributed by atoms with van der Waals surface area (Å²) in [6.45, 7) is 1.17. The molecule has 37 heavy (non-hydrogen) atoms. The highest BCUT2D eigenvalue weighted by Gasteiger charge is 2.44. The van der Waals surface area contributed by atoms with E-state index in [9.17, 15) is 37.2 Å². The quantitative estimate of drug-likeness (QED) is 0.112. The molecule has 0 spiro atoms. The number of likely N-dealkylation sites (tertiary alicyclic amines) is 1. The number of thiazole rings is 1. The van der Waals surface area contributed by atoms with Gasteiger partial charge in [0, 0.05) is 25.0 Å². The molecule has 3 rings (SSSR count). The molecule has 20 heteroatoms. The second kappa shape index (κ2) is 10.7. The molecule has 2 fully saturated rings. The Kier molecular flexibility index (Phi) is 7.91. The van der Waals surface area contributed by atoms with Gasteiger partial charge in [-0.15, -0.1) is 11.3 Å². The largest absolute Gasteiger partial charge is 0.398 e. The molecule has 8 amide bonds. The van der Waals surface area contributed by atoms with Gasteiger partial charge in [0.2, 0.25) is 0 Å². The predicted octanol–water partition coefficient (Wildman–Crippen LogP) is -3.24. The number of nitrogens with two attached hydrogens (primary N) is 1. The van der Waals surface area contributed by atoms with Gasteiger partial charge in [0.05, 0.1) is 6.54 Å². The van der Waals surface area contributed by atoms with Crippen molar-refractivity contribution in [1.29, 1.82) is 0 Å². The van der Waals surface area contributed by atoms with Crippen LogP contribution in [-0.4, -0.2) is 109 Å². The predicted molar refractivity (Wildman–Crippen MR) is 124 cm³/mol. The van der Waals surface area contributed by atoms with E-state index in [2.05, 4.69) is 20.3 Å². The number of aromatic nitrogens is 1. The van der Waals surface area contributed by atoms with Crippen LogP contribution in [0.1, 0.15) is 12.6 Å². The van der Waals surface area contributed by atoms with Crippen molar-refractivity contribution in [1.82, 2.24) is 34.4 Å². The Morgan fingerprint density at radius 1 is 1.16 bits per heavy atom. The maximum Gasteiger partial charge on any atom is 0.339 e. The number of hydrogen-bond acceptors (Lipinski definition) is 13. The van der Waals surface area contributed by atoms with Gasteiger partial charge in [-0.3, -0.25) is 29.0 Å². The fraction of sp³-hybridized carbons (Fsp3) is 0.412. The lowest BCUT2D eigenvalue weighted by molar-refractivity contribution is -0.153. The standard InChI is InChI=1S/C17H21N9O9S2/c1-3-24-4-5-25(14(30)13(24)29)16(31)22-37(33,34)23-17(32)26-6-8(12(26)28)19-11(27)10(21-35-2)9-7-36-15(18)20-9/h7-8H,3-6H2,1-2H3,(H2,18,20)(H,19,27)(H,22,31)(H,23,32)/t8-/m0/s1. The lowest BCUT2D eigenvalue weighted by Gasteiger charge is -2.36. The molecule has 1 aromatic rings. The minimum atomic E-state index is -4.88. The SMILES string of the molecule is CCN1CCN(C(=O)NS(=O)(=O)NC(=O)N2C[C@H](NC(=O)C(=NOC)c3csc(N)n3)C2=O)C(=O)C1=O. The molecule has 1 atom stereocenters. The third-order valence-electron chi connectivity index (χ3n) is 5.02. The topological polar surface area (TPSA) is 243 Å². The second-order valence-electron chi connectivity index (χ2n) is 7.33. The Morgan fingerprint density at radius 2 is 1.81 bits per heavy atom. The van der Waals surface area contributed by atoms with Crippen LogP contribution in [0.4, 0.5) is 14.7 Å². The molecule has 3 heterocycles. The van der Waals surface area contributed by atoms with Gasteiger partial charge in [-0.25, -0.2) is 24.0 Å². The summed E-state index contributed by atoms with van der Waals surface area (Å²) in [6, 6.07) is -4.08. The zero-order chi connectivity index (χ0) is 27.5. The number of hydrogen-bond donors (Lipinski definition) is 4. The lowest BCUT2D eigenvalue weighted by atomic mass is 10.1. The number of amides is 8. The summed E-state index contributed by atoms with van der Waals surface area (Å²) in [5.41, 5.74) is 5.33. The number of anilines is 1. The molecule has 0 aromatic carbocycles. The fourth-order valence-corrected chi connectivity index (χ4v) is 4.45. The molecule has 200 valence electrons. The lowest BCUT2D eigenvalue weighted by Crippen LogP contribution is -2.68. The van der Waals surface area contributed by atoms with Gasteiger partial charge in [-0.05, 0) is 6.92 Å². The highest BCUT2D eigenvalue weighted by molar-refractivity contribution is 7.88. The van der Waals surface area contributed by atoms with E-state index in [1.54, 1.807) is 6.92 Å². The number of carbonyl (C=O) groups is 6. The van der Waals surface area contributed by atoms with E-state index in [1.807, 2.05) is 0 Å². The minimum Gasteiger partial charge on any atom is -0.398 e. The van der Waals surface area contributed by atoms with E-state index in [1.165, 1.54) is 26.8 Å². The molecule has 5 N–H and O–H groups in total.